The maximum atomic E-state index is 13.8. The van der Waals surface area contributed by atoms with Crippen LogP contribution in [0.5, 0.6) is 11.5 Å². The molecule has 0 aliphatic rings. The number of benzene rings is 2. The molecule has 0 saturated carbocycles. The zero-order chi connectivity index (χ0) is 13.1. The van der Waals surface area contributed by atoms with Gasteiger partial charge < -0.3 is 10.5 Å². The summed E-state index contributed by atoms with van der Waals surface area (Å²) in [6, 6.07) is 12.0. The van der Waals surface area contributed by atoms with Crippen LogP contribution in [-0.4, -0.2) is 0 Å². The molecule has 2 N–H and O–H groups in total. The van der Waals surface area contributed by atoms with Gasteiger partial charge in [0.05, 0.1) is 0 Å². The average molecular weight is 245 g/mol. The van der Waals surface area contributed by atoms with Gasteiger partial charge in [0, 0.05) is 11.6 Å². The van der Waals surface area contributed by atoms with E-state index in [0.29, 0.717) is 11.3 Å². The number of ether oxygens (including phenoxy) is 1. The lowest BCUT2D eigenvalue weighted by Crippen LogP contribution is -2.07. The molecule has 0 fully saturated rings. The molecule has 0 bridgehead atoms. The predicted molar refractivity (Wildman–Crippen MR) is 70.3 cm³/mol. The second-order valence-electron chi connectivity index (χ2n) is 4.36. The monoisotopic (exact) mass is 245 g/mol. The lowest BCUT2D eigenvalue weighted by atomic mass is 10.1. The molecule has 0 aliphatic heterocycles. The van der Waals surface area contributed by atoms with Gasteiger partial charge in [0.25, 0.3) is 0 Å². The van der Waals surface area contributed by atoms with Crippen molar-refractivity contribution in [2.24, 2.45) is 5.73 Å². The molecule has 2 rings (SSSR count). The second kappa shape index (κ2) is 5.19. The second-order valence-corrected chi connectivity index (χ2v) is 4.36. The first-order valence-electron chi connectivity index (χ1n) is 5.86. The Morgan fingerprint density at radius 1 is 1.11 bits per heavy atom. The fourth-order valence-corrected chi connectivity index (χ4v) is 1.72. The van der Waals surface area contributed by atoms with Crippen molar-refractivity contribution in [3.63, 3.8) is 0 Å². The topological polar surface area (TPSA) is 35.2 Å². The minimum absolute atomic E-state index is 0.205. The van der Waals surface area contributed by atoms with Gasteiger partial charge in [-0.05, 0) is 32.0 Å². The van der Waals surface area contributed by atoms with E-state index in [1.807, 2.05) is 31.2 Å². The van der Waals surface area contributed by atoms with Gasteiger partial charge in [0.15, 0.2) is 11.6 Å². The summed E-state index contributed by atoms with van der Waals surface area (Å²) in [4.78, 5) is 0. The highest BCUT2D eigenvalue weighted by molar-refractivity contribution is 5.41. The Kier molecular flexibility index (Phi) is 3.63. The SMILES string of the molecule is Cc1ccc(Oc2c(F)cccc2C(C)N)cc1. The maximum absolute atomic E-state index is 13.8. The van der Waals surface area contributed by atoms with E-state index in [1.165, 1.54) is 6.07 Å². The number of para-hydroxylation sites is 1. The molecule has 0 radical (unpaired) electrons. The van der Waals surface area contributed by atoms with E-state index in [2.05, 4.69) is 0 Å². The lowest BCUT2D eigenvalue weighted by Gasteiger charge is -2.14. The van der Waals surface area contributed by atoms with Crippen molar-refractivity contribution in [1.82, 2.24) is 0 Å². The Balaban J connectivity index is 2.36. The highest BCUT2D eigenvalue weighted by Gasteiger charge is 2.13. The minimum atomic E-state index is -0.398. The Labute approximate surface area is 106 Å². The molecule has 94 valence electrons. The van der Waals surface area contributed by atoms with E-state index in [9.17, 15) is 4.39 Å². The third kappa shape index (κ3) is 2.68. The van der Waals surface area contributed by atoms with Crippen molar-refractivity contribution in [1.29, 1.82) is 0 Å². The van der Waals surface area contributed by atoms with Crippen LogP contribution in [0, 0.1) is 12.7 Å². The van der Waals surface area contributed by atoms with E-state index in [4.69, 9.17) is 10.5 Å². The van der Waals surface area contributed by atoms with Crippen LogP contribution in [0.15, 0.2) is 42.5 Å². The van der Waals surface area contributed by atoms with E-state index in [-0.39, 0.29) is 11.8 Å². The van der Waals surface area contributed by atoms with Crippen LogP contribution in [-0.2, 0) is 0 Å². The standard InChI is InChI=1S/C15H16FNO/c1-10-6-8-12(9-7-10)18-15-13(11(2)17)4-3-5-14(15)16/h3-9,11H,17H2,1-2H3. The average Bonchev–Trinajstić information content (AvgIpc) is 2.34. The lowest BCUT2D eigenvalue weighted by molar-refractivity contribution is 0.432. The number of hydrogen-bond donors (Lipinski definition) is 1. The number of aryl methyl sites for hydroxylation is 1. The van der Waals surface area contributed by atoms with Crippen molar-refractivity contribution in [3.05, 3.63) is 59.4 Å². The Bertz CT molecular complexity index is 535. The molecular weight excluding hydrogens is 229 g/mol. The molecule has 1 unspecified atom stereocenters. The molecule has 3 heteroatoms. The van der Waals surface area contributed by atoms with E-state index >= 15 is 0 Å². The van der Waals surface area contributed by atoms with E-state index in [0.717, 1.165) is 5.56 Å². The Morgan fingerprint density at radius 2 is 1.78 bits per heavy atom. The number of halogens is 1. The van der Waals surface area contributed by atoms with Gasteiger partial charge >= 0.3 is 0 Å². The third-order valence-electron chi connectivity index (χ3n) is 2.73. The van der Waals surface area contributed by atoms with Gasteiger partial charge in [-0.25, -0.2) is 4.39 Å². The van der Waals surface area contributed by atoms with Crippen molar-refractivity contribution in [2.45, 2.75) is 19.9 Å². The van der Waals surface area contributed by atoms with Crippen LogP contribution >= 0.6 is 0 Å². The fourth-order valence-electron chi connectivity index (χ4n) is 1.72. The third-order valence-corrected chi connectivity index (χ3v) is 2.73. The van der Waals surface area contributed by atoms with Gasteiger partial charge in [-0.2, -0.15) is 0 Å². The zero-order valence-electron chi connectivity index (χ0n) is 10.5. The summed E-state index contributed by atoms with van der Waals surface area (Å²) in [5, 5.41) is 0. The van der Waals surface area contributed by atoms with E-state index < -0.39 is 5.82 Å². The first-order chi connectivity index (χ1) is 8.58. The molecule has 0 spiro atoms. The van der Waals surface area contributed by atoms with Crippen LogP contribution in [0.2, 0.25) is 0 Å². The van der Waals surface area contributed by atoms with Crippen LogP contribution in [0.1, 0.15) is 24.1 Å². The van der Waals surface area contributed by atoms with Crippen LogP contribution in [0.4, 0.5) is 4.39 Å². The smallest absolute Gasteiger partial charge is 0.167 e. The van der Waals surface area contributed by atoms with Crippen LogP contribution in [0.25, 0.3) is 0 Å². The van der Waals surface area contributed by atoms with Crippen molar-refractivity contribution in [3.8, 4) is 11.5 Å². The molecule has 0 aromatic heterocycles. The molecule has 2 nitrogen and oxygen atoms in total. The van der Waals surface area contributed by atoms with Crippen molar-refractivity contribution < 1.29 is 9.13 Å². The molecule has 0 heterocycles. The largest absolute Gasteiger partial charge is 0.454 e. The normalized spacial score (nSPS) is 12.2. The van der Waals surface area contributed by atoms with Crippen molar-refractivity contribution >= 4 is 0 Å². The van der Waals surface area contributed by atoms with Gasteiger partial charge in [0.2, 0.25) is 0 Å². The summed E-state index contributed by atoms with van der Waals surface area (Å²) in [5.41, 5.74) is 7.61. The summed E-state index contributed by atoms with van der Waals surface area (Å²) in [5.74, 6) is 0.411. The highest BCUT2D eigenvalue weighted by atomic mass is 19.1. The molecule has 18 heavy (non-hydrogen) atoms. The molecule has 0 saturated heterocycles. The zero-order valence-corrected chi connectivity index (χ0v) is 10.5. The summed E-state index contributed by atoms with van der Waals surface area (Å²) in [7, 11) is 0. The molecule has 2 aromatic carbocycles. The molecule has 0 aliphatic carbocycles. The quantitative estimate of drug-likeness (QED) is 0.888. The Hall–Kier alpha value is -1.87. The summed E-state index contributed by atoms with van der Waals surface area (Å²) in [6.07, 6.45) is 0. The maximum Gasteiger partial charge on any atom is 0.167 e. The first-order valence-corrected chi connectivity index (χ1v) is 5.86. The van der Waals surface area contributed by atoms with Crippen LogP contribution in [0.3, 0.4) is 0 Å². The molecule has 1 atom stereocenters. The predicted octanol–water partition coefficient (Wildman–Crippen LogP) is 3.95. The van der Waals surface area contributed by atoms with Crippen molar-refractivity contribution in [2.75, 3.05) is 0 Å². The van der Waals surface area contributed by atoms with Crippen LogP contribution < -0.4 is 10.5 Å². The number of rotatable bonds is 3. The van der Waals surface area contributed by atoms with E-state index in [1.54, 1.807) is 19.1 Å². The summed E-state index contributed by atoms with van der Waals surface area (Å²) >= 11 is 0. The van der Waals surface area contributed by atoms with Gasteiger partial charge in [-0.15, -0.1) is 0 Å². The molecule has 2 aromatic rings. The first kappa shape index (κ1) is 12.6. The summed E-state index contributed by atoms with van der Waals surface area (Å²) in [6.45, 7) is 3.79. The molecular formula is C15H16FNO. The molecule has 0 amide bonds. The minimum Gasteiger partial charge on any atom is -0.454 e. The van der Waals surface area contributed by atoms with Gasteiger partial charge in [-0.3, -0.25) is 0 Å². The van der Waals surface area contributed by atoms with Gasteiger partial charge in [0.1, 0.15) is 5.75 Å². The highest BCUT2D eigenvalue weighted by Crippen LogP contribution is 2.31. The number of hydrogen-bond acceptors (Lipinski definition) is 2. The number of nitrogens with two attached hydrogens (primary N) is 1. The Morgan fingerprint density at radius 3 is 2.39 bits per heavy atom. The van der Waals surface area contributed by atoms with Gasteiger partial charge in [-0.1, -0.05) is 29.8 Å². The summed E-state index contributed by atoms with van der Waals surface area (Å²) < 4.78 is 19.4. The fraction of sp³-hybridized carbons (Fsp3) is 0.200.